The smallest absolute Gasteiger partial charge is 0.0521 e. The minimum absolute atomic E-state index is 0.719. The van der Waals surface area contributed by atoms with Crippen LogP contribution in [0.2, 0.25) is 0 Å². The maximum absolute atomic E-state index is 4.33. The third kappa shape index (κ3) is 2.83. The van der Waals surface area contributed by atoms with E-state index >= 15 is 0 Å². The van der Waals surface area contributed by atoms with E-state index in [0.29, 0.717) is 0 Å². The molecule has 84 valence electrons. The summed E-state index contributed by atoms with van der Waals surface area (Å²) in [6, 6.07) is 0. The van der Waals surface area contributed by atoms with Crippen LogP contribution >= 0.6 is 15.9 Å². The summed E-state index contributed by atoms with van der Waals surface area (Å²) in [6.45, 7) is 3.10. The Morgan fingerprint density at radius 1 is 1.47 bits per heavy atom. The summed E-state index contributed by atoms with van der Waals surface area (Å²) in [4.78, 5) is 0.719. The number of hydrogen-bond acceptors (Lipinski definition) is 1. The summed E-state index contributed by atoms with van der Waals surface area (Å²) in [5, 5.41) is 4.33. The van der Waals surface area contributed by atoms with E-state index in [-0.39, 0.29) is 0 Å². The average molecular weight is 271 g/mol. The fourth-order valence-corrected chi connectivity index (χ4v) is 3.15. The van der Waals surface area contributed by atoms with Crippen LogP contribution in [0.1, 0.15) is 38.2 Å². The molecule has 2 rings (SSSR count). The highest BCUT2D eigenvalue weighted by atomic mass is 79.9. The zero-order valence-corrected chi connectivity index (χ0v) is 10.9. The summed E-state index contributed by atoms with van der Waals surface area (Å²) < 4.78 is 2.02. The minimum atomic E-state index is 0.719. The van der Waals surface area contributed by atoms with E-state index in [1.165, 1.54) is 37.7 Å². The van der Waals surface area contributed by atoms with Gasteiger partial charge in [0.2, 0.25) is 0 Å². The Kier molecular flexibility index (Phi) is 3.84. The SMILES string of the molecule is CCn1cc(CC2CCCCC2Br)cn1. The molecular weight excluding hydrogens is 252 g/mol. The first kappa shape index (κ1) is 11.2. The third-order valence-electron chi connectivity index (χ3n) is 3.32. The summed E-state index contributed by atoms with van der Waals surface area (Å²) >= 11 is 3.81. The molecule has 0 aliphatic heterocycles. The number of halogens is 1. The average Bonchev–Trinajstić information content (AvgIpc) is 2.69. The van der Waals surface area contributed by atoms with Gasteiger partial charge in [-0.2, -0.15) is 5.10 Å². The fourth-order valence-electron chi connectivity index (χ4n) is 2.38. The van der Waals surface area contributed by atoms with Crippen molar-refractivity contribution in [3.05, 3.63) is 18.0 Å². The minimum Gasteiger partial charge on any atom is -0.273 e. The molecule has 1 aromatic rings. The second-order valence-corrected chi connectivity index (χ2v) is 5.65. The van der Waals surface area contributed by atoms with Crippen LogP contribution in [0.4, 0.5) is 0 Å². The topological polar surface area (TPSA) is 17.8 Å². The maximum Gasteiger partial charge on any atom is 0.0521 e. The molecule has 2 nitrogen and oxygen atoms in total. The van der Waals surface area contributed by atoms with Gasteiger partial charge in [-0.05, 0) is 37.7 Å². The Balaban J connectivity index is 1.95. The van der Waals surface area contributed by atoms with Crippen molar-refractivity contribution in [3.63, 3.8) is 0 Å². The van der Waals surface area contributed by atoms with Crippen molar-refractivity contribution in [3.8, 4) is 0 Å². The van der Waals surface area contributed by atoms with Crippen molar-refractivity contribution in [2.24, 2.45) is 5.92 Å². The van der Waals surface area contributed by atoms with Gasteiger partial charge in [0.25, 0.3) is 0 Å². The van der Waals surface area contributed by atoms with E-state index in [4.69, 9.17) is 0 Å². The lowest BCUT2D eigenvalue weighted by Crippen LogP contribution is -2.21. The van der Waals surface area contributed by atoms with Crippen LogP contribution < -0.4 is 0 Å². The molecular formula is C12H19BrN2. The number of rotatable bonds is 3. The van der Waals surface area contributed by atoms with E-state index < -0.39 is 0 Å². The van der Waals surface area contributed by atoms with Gasteiger partial charge in [0.05, 0.1) is 6.20 Å². The first-order valence-corrected chi connectivity index (χ1v) is 6.86. The molecule has 0 amide bonds. The lowest BCUT2D eigenvalue weighted by molar-refractivity contribution is 0.373. The third-order valence-corrected chi connectivity index (χ3v) is 4.53. The molecule has 0 saturated heterocycles. The molecule has 3 heteroatoms. The summed E-state index contributed by atoms with van der Waals surface area (Å²) in [5.41, 5.74) is 1.40. The first-order chi connectivity index (χ1) is 7.29. The van der Waals surface area contributed by atoms with E-state index in [0.717, 1.165) is 17.3 Å². The molecule has 1 heterocycles. The highest BCUT2D eigenvalue weighted by Gasteiger charge is 2.23. The molecule has 0 bridgehead atoms. The highest BCUT2D eigenvalue weighted by Crippen LogP contribution is 2.32. The number of hydrogen-bond donors (Lipinski definition) is 0. The summed E-state index contributed by atoms with van der Waals surface area (Å²) in [5.74, 6) is 0.813. The van der Waals surface area contributed by atoms with Crippen LogP contribution in [0.15, 0.2) is 12.4 Å². The van der Waals surface area contributed by atoms with Crippen molar-refractivity contribution < 1.29 is 0 Å². The lowest BCUT2D eigenvalue weighted by atomic mass is 9.85. The van der Waals surface area contributed by atoms with Gasteiger partial charge in [0.15, 0.2) is 0 Å². The van der Waals surface area contributed by atoms with Crippen molar-refractivity contribution in [1.29, 1.82) is 0 Å². The molecule has 2 atom stereocenters. The van der Waals surface area contributed by atoms with Gasteiger partial charge in [-0.1, -0.05) is 28.8 Å². The Morgan fingerprint density at radius 2 is 2.27 bits per heavy atom. The van der Waals surface area contributed by atoms with E-state index in [1.54, 1.807) is 0 Å². The number of aromatic nitrogens is 2. The Labute approximate surface area is 100 Å². The zero-order valence-electron chi connectivity index (χ0n) is 9.32. The van der Waals surface area contributed by atoms with Gasteiger partial charge in [-0.15, -0.1) is 0 Å². The van der Waals surface area contributed by atoms with Crippen LogP contribution in [0.25, 0.3) is 0 Å². The highest BCUT2D eigenvalue weighted by molar-refractivity contribution is 9.09. The summed E-state index contributed by atoms with van der Waals surface area (Å²) in [7, 11) is 0. The van der Waals surface area contributed by atoms with Gasteiger partial charge in [-0.25, -0.2) is 0 Å². The molecule has 0 radical (unpaired) electrons. The van der Waals surface area contributed by atoms with Crippen LogP contribution in [0, 0.1) is 5.92 Å². The second kappa shape index (κ2) is 5.15. The number of alkyl halides is 1. The van der Waals surface area contributed by atoms with Gasteiger partial charge < -0.3 is 0 Å². The van der Waals surface area contributed by atoms with E-state index in [9.17, 15) is 0 Å². The monoisotopic (exact) mass is 270 g/mol. The molecule has 0 N–H and O–H groups in total. The molecule has 1 aliphatic carbocycles. The molecule has 1 fully saturated rings. The molecule has 15 heavy (non-hydrogen) atoms. The normalized spacial score (nSPS) is 26.8. The van der Waals surface area contributed by atoms with Crippen molar-refractivity contribution in [2.45, 2.75) is 50.4 Å². The van der Waals surface area contributed by atoms with Crippen molar-refractivity contribution in [1.82, 2.24) is 9.78 Å². The standard InChI is InChI=1S/C12H19BrN2/c1-2-15-9-10(8-14-15)7-11-5-3-4-6-12(11)13/h8-9,11-12H,2-7H2,1H3. The van der Waals surface area contributed by atoms with Crippen LogP contribution in [-0.4, -0.2) is 14.6 Å². The molecule has 1 aliphatic rings. The van der Waals surface area contributed by atoms with Crippen LogP contribution in [0.5, 0.6) is 0 Å². The zero-order chi connectivity index (χ0) is 10.7. The largest absolute Gasteiger partial charge is 0.273 e. The Bertz CT molecular complexity index is 308. The van der Waals surface area contributed by atoms with Crippen LogP contribution in [0.3, 0.4) is 0 Å². The first-order valence-electron chi connectivity index (χ1n) is 5.95. The molecule has 2 unspecified atom stereocenters. The number of nitrogens with zero attached hydrogens (tertiary/aromatic N) is 2. The number of aryl methyl sites for hydroxylation is 1. The lowest BCUT2D eigenvalue weighted by Gasteiger charge is -2.26. The molecule has 1 aromatic heterocycles. The maximum atomic E-state index is 4.33. The van der Waals surface area contributed by atoms with Crippen molar-refractivity contribution >= 4 is 15.9 Å². The van der Waals surface area contributed by atoms with E-state index in [1.807, 2.05) is 10.9 Å². The summed E-state index contributed by atoms with van der Waals surface area (Å²) in [6.07, 6.45) is 10.9. The predicted octanol–water partition coefficient (Wildman–Crippen LogP) is 3.40. The molecule has 0 aromatic carbocycles. The molecule has 0 spiro atoms. The van der Waals surface area contributed by atoms with Gasteiger partial charge >= 0.3 is 0 Å². The van der Waals surface area contributed by atoms with Gasteiger partial charge in [0, 0.05) is 17.6 Å². The van der Waals surface area contributed by atoms with Gasteiger partial charge in [-0.3, -0.25) is 4.68 Å². The van der Waals surface area contributed by atoms with Crippen molar-refractivity contribution in [2.75, 3.05) is 0 Å². The quantitative estimate of drug-likeness (QED) is 0.770. The van der Waals surface area contributed by atoms with Gasteiger partial charge in [0.1, 0.15) is 0 Å². The predicted molar refractivity (Wildman–Crippen MR) is 66.3 cm³/mol. The van der Waals surface area contributed by atoms with E-state index in [2.05, 4.69) is 34.1 Å². The Morgan fingerprint density at radius 3 is 2.93 bits per heavy atom. The molecule has 1 saturated carbocycles. The second-order valence-electron chi connectivity index (χ2n) is 4.47. The Hall–Kier alpha value is -0.310. The van der Waals surface area contributed by atoms with Crippen LogP contribution in [-0.2, 0) is 13.0 Å². The fraction of sp³-hybridized carbons (Fsp3) is 0.750.